The van der Waals surface area contributed by atoms with Gasteiger partial charge >= 0.3 is 5.97 Å². The van der Waals surface area contributed by atoms with Crippen LogP contribution in [0.5, 0.6) is 17.2 Å². The number of fused-ring (bicyclic) bond motifs is 1. The number of carbonyl (C=O) groups is 3. The molecular weight excluding hydrogens is 613 g/mol. The summed E-state index contributed by atoms with van der Waals surface area (Å²) < 4.78 is 17.0. The number of hydrogen-bond donors (Lipinski definition) is 2. The number of hydrogen-bond acceptors (Lipinski definition) is 7. The predicted molar refractivity (Wildman–Crippen MR) is 156 cm³/mol. The van der Waals surface area contributed by atoms with Crippen LogP contribution in [0.1, 0.15) is 26.3 Å². The average Bonchev–Trinajstić information content (AvgIpc) is 2.96. The first-order chi connectivity index (χ1) is 18.9. The van der Waals surface area contributed by atoms with Crippen molar-refractivity contribution in [1.82, 2.24) is 10.7 Å². The van der Waals surface area contributed by atoms with Crippen molar-refractivity contribution in [2.75, 3.05) is 20.8 Å². The fourth-order valence-electron chi connectivity index (χ4n) is 3.73. The van der Waals surface area contributed by atoms with Gasteiger partial charge in [0.05, 0.1) is 38.1 Å². The van der Waals surface area contributed by atoms with Crippen molar-refractivity contribution < 1.29 is 28.6 Å². The zero-order valence-electron chi connectivity index (χ0n) is 21.1. The average molecular weight is 637 g/mol. The van der Waals surface area contributed by atoms with Crippen LogP contribution in [0.25, 0.3) is 10.8 Å². The number of ether oxygens (including phenoxy) is 3. The van der Waals surface area contributed by atoms with Crippen LogP contribution in [0.15, 0.2) is 84.0 Å². The minimum atomic E-state index is -0.608. The second kappa shape index (κ2) is 12.9. The number of nitrogens with one attached hydrogen (secondary N) is 2. The number of rotatable bonds is 9. The van der Waals surface area contributed by atoms with E-state index in [0.717, 1.165) is 14.3 Å². The number of carbonyl (C=O) groups excluding carboxylic acids is 3. The molecule has 0 aliphatic heterocycles. The van der Waals surface area contributed by atoms with Crippen LogP contribution in [0.2, 0.25) is 0 Å². The van der Waals surface area contributed by atoms with Gasteiger partial charge in [0.25, 0.3) is 11.8 Å². The van der Waals surface area contributed by atoms with Gasteiger partial charge in [-0.05, 0) is 69.8 Å². The third-order valence-corrected chi connectivity index (χ3v) is 6.60. The normalized spacial score (nSPS) is 10.7. The van der Waals surface area contributed by atoms with Gasteiger partial charge in [0.2, 0.25) is 0 Å². The molecule has 2 N–H and O–H groups in total. The molecule has 0 atom stereocenters. The zero-order valence-corrected chi connectivity index (χ0v) is 23.2. The lowest BCUT2D eigenvalue weighted by atomic mass is 10.0. The summed E-state index contributed by atoms with van der Waals surface area (Å²) in [6.45, 7) is -0.266. The predicted octanol–water partition coefficient (Wildman–Crippen LogP) is 4.56. The molecule has 4 aromatic carbocycles. The SMILES string of the molecule is COc1ccc(C(=O)Oc2ccc3ccccc3c2/C=N/NC(=O)CNC(=O)c2ccccc2I)cc1OC. The molecule has 0 fully saturated rings. The molecule has 198 valence electrons. The number of halogens is 1. The van der Waals surface area contributed by atoms with Gasteiger partial charge in [0.1, 0.15) is 5.75 Å². The van der Waals surface area contributed by atoms with Gasteiger partial charge < -0.3 is 19.5 Å². The summed E-state index contributed by atoms with van der Waals surface area (Å²) in [5, 5.41) is 8.27. The van der Waals surface area contributed by atoms with E-state index in [9.17, 15) is 14.4 Å². The van der Waals surface area contributed by atoms with E-state index in [2.05, 4.69) is 38.4 Å². The number of amides is 2. The minimum absolute atomic E-state index is 0.249. The first kappa shape index (κ1) is 27.6. The highest BCUT2D eigenvalue weighted by molar-refractivity contribution is 14.1. The van der Waals surface area contributed by atoms with Crippen LogP contribution >= 0.6 is 22.6 Å². The first-order valence-corrected chi connectivity index (χ1v) is 12.8. The number of methoxy groups -OCH3 is 2. The van der Waals surface area contributed by atoms with E-state index in [1.54, 1.807) is 36.4 Å². The highest BCUT2D eigenvalue weighted by Crippen LogP contribution is 2.30. The molecule has 0 bridgehead atoms. The van der Waals surface area contributed by atoms with Crippen LogP contribution in [-0.4, -0.2) is 44.8 Å². The number of benzene rings is 4. The third kappa shape index (κ3) is 6.71. The maximum atomic E-state index is 13.0. The topological polar surface area (TPSA) is 115 Å². The molecule has 0 radical (unpaired) electrons. The maximum Gasteiger partial charge on any atom is 0.343 e. The van der Waals surface area contributed by atoms with Crippen molar-refractivity contribution in [3.05, 3.63) is 99.1 Å². The molecule has 2 amide bonds. The summed E-state index contributed by atoms with van der Waals surface area (Å²) in [5.74, 6) is -0.365. The second-order valence-corrected chi connectivity index (χ2v) is 9.28. The summed E-state index contributed by atoms with van der Waals surface area (Å²) in [4.78, 5) is 37.7. The molecule has 4 rings (SSSR count). The van der Waals surface area contributed by atoms with E-state index in [4.69, 9.17) is 14.2 Å². The molecule has 0 heterocycles. The van der Waals surface area contributed by atoms with Gasteiger partial charge in [-0.1, -0.05) is 42.5 Å². The molecule has 0 spiro atoms. The molecule has 0 saturated heterocycles. The Balaban J connectivity index is 1.50. The Morgan fingerprint density at radius 1 is 0.872 bits per heavy atom. The lowest BCUT2D eigenvalue weighted by molar-refractivity contribution is -0.120. The maximum absolute atomic E-state index is 13.0. The second-order valence-electron chi connectivity index (χ2n) is 8.11. The molecule has 4 aromatic rings. The molecule has 0 aliphatic rings. The van der Waals surface area contributed by atoms with Crippen molar-refractivity contribution in [1.29, 1.82) is 0 Å². The van der Waals surface area contributed by atoms with Crippen LogP contribution in [0, 0.1) is 3.57 Å². The molecule has 9 nitrogen and oxygen atoms in total. The Morgan fingerprint density at radius 3 is 2.36 bits per heavy atom. The number of nitrogens with zero attached hydrogens (tertiary/aromatic N) is 1. The quantitative estimate of drug-likeness (QED) is 0.0915. The standard InChI is InChI=1S/C29H24IN3O6/c1-37-25-14-12-19(15-26(25)38-2)29(36)39-24-13-11-18-7-3-4-8-20(18)22(24)16-32-33-27(34)17-31-28(35)21-9-5-6-10-23(21)30/h3-16H,17H2,1-2H3,(H,31,35)(H,33,34)/b32-16+. The van der Waals surface area contributed by atoms with E-state index in [0.29, 0.717) is 22.6 Å². The Morgan fingerprint density at radius 2 is 1.59 bits per heavy atom. The smallest absolute Gasteiger partial charge is 0.343 e. The third-order valence-electron chi connectivity index (χ3n) is 5.66. The summed E-state index contributed by atoms with van der Waals surface area (Å²) >= 11 is 2.06. The van der Waals surface area contributed by atoms with Crippen molar-refractivity contribution in [2.45, 2.75) is 0 Å². The van der Waals surface area contributed by atoms with Gasteiger partial charge in [-0.3, -0.25) is 9.59 Å². The van der Waals surface area contributed by atoms with Crippen molar-refractivity contribution >= 4 is 57.4 Å². The van der Waals surface area contributed by atoms with Gasteiger partial charge in [0.15, 0.2) is 11.5 Å². The van der Waals surface area contributed by atoms with E-state index < -0.39 is 11.9 Å². The molecule has 39 heavy (non-hydrogen) atoms. The highest BCUT2D eigenvalue weighted by atomic mass is 127. The highest BCUT2D eigenvalue weighted by Gasteiger charge is 2.16. The zero-order chi connectivity index (χ0) is 27.8. The lowest BCUT2D eigenvalue weighted by Gasteiger charge is -2.12. The van der Waals surface area contributed by atoms with Crippen LogP contribution in [0.3, 0.4) is 0 Å². The van der Waals surface area contributed by atoms with Gasteiger partial charge in [-0.2, -0.15) is 5.10 Å². The van der Waals surface area contributed by atoms with Crippen LogP contribution in [-0.2, 0) is 4.79 Å². The van der Waals surface area contributed by atoms with Gasteiger partial charge in [-0.25, -0.2) is 10.2 Å². The summed E-state index contributed by atoms with van der Waals surface area (Å²) in [6, 6.07) is 22.8. The van der Waals surface area contributed by atoms with E-state index >= 15 is 0 Å². The number of esters is 1. The minimum Gasteiger partial charge on any atom is -0.493 e. The Hall–Kier alpha value is -4.45. The van der Waals surface area contributed by atoms with Crippen LogP contribution in [0.4, 0.5) is 0 Å². The van der Waals surface area contributed by atoms with E-state index in [1.807, 2.05) is 36.4 Å². The fraction of sp³-hybridized carbons (Fsp3) is 0.103. The molecular formula is C29H24IN3O6. The molecule has 10 heteroatoms. The molecule has 0 aliphatic carbocycles. The molecule has 0 saturated carbocycles. The first-order valence-electron chi connectivity index (χ1n) is 11.7. The lowest BCUT2D eigenvalue weighted by Crippen LogP contribution is -2.35. The molecule has 0 unspecified atom stereocenters. The van der Waals surface area contributed by atoms with Gasteiger partial charge in [-0.15, -0.1) is 0 Å². The summed E-state index contributed by atoms with van der Waals surface area (Å²) in [6.07, 6.45) is 1.40. The Bertz CT molecular complexity index is 1570. The van der Waals surface area contributed by atoms with Gasteiger partial charge in [0, 0.05) is 9.13 Å². The summed E-state index contributed by atoms with van der Waals surface area (Å²) in [5.41, 5.74) is 3.63. The Kier molecular flexibility index (Phi) is 9.10. The molecule has 0 aromatic heterocycles. The van der Waals surface area contributed by atoms with Crippen molar-refractivity contribution in [2.24, 2.45) is 5.10 Å². The largest absolute Gasteiger partial charge is 0.493 e. The monoisotopic (exact) mass is 637 g/mol. The van der Waals surface area contributed by atoms with Crippen LogP contribution < -0.4 is 25.0 Å². The van der Waals surface area contributed by atoms with E-state index in [-0.39, 0.29) is 23.8 Å². The summed E-state index contributed by atoms with van der Waals surface area (Å²) in [7, 11) is 2.99. The fourth-order valence-corrected chi connectivity index (χ4v) is 4.36. The van der Waals surface area contributed by atoms with Crippen molar-refractivity contribution in [3.8, 4) is 17.2 Å². The van der Waals surface area contributed by atoms with E-state index in [1.165, 1.54) is 26.5 Å². The number of hydrazone groups is 1. The van der Waals surface area contributed by atoms with Crippen molar-refractivity contribution in [3.63, 3.8) is 0 Å². The Labute approximate surface area is 238 Å².